The molecule has 0 saturated carbocycles. The highest BCUT2D eigenvalue weighted by atomic mass is 35.5. The van der Waals surface area contributed by atoms with Crippen molar-refractivity contribution in [1.82, 2.24) is 10.2 Å². The Morgan fingerprint density at radius 3 is 2.25 bits per heavy atom. The van der Waals surface area contributed by atoms with E-state index in [1.807, 2.05) is 26.1 Å². The third kappa shape index (κ3) is 7.04. The van der Waals surface area contributed by atoms with E-state index in [0.29, 0.717) is 0 Å². The summed E-state index contributed by atoms with van der Waals surface area (Å²) < 4.78 is 0. The molecule has 1 aliphatic heterocycles. The van der Waals surface area contributed by atoms with Gasteiger partial charge in [-0.15, -0.1) is 0 Å². The number of benzene rings is 2. The zero-order valence-electron chi connectivity index (χ0n) is 14.2. The molecule has 1 heterocycles. The fourth-order valence-corrected chi connectivity index (χ4v) is 2.94. The maximum Gasteiger partial charge on any atom is 0.0438 e. The van der Waals surface area contributed by atoms with Crippen molar-refractivity contribution < 1.29 is 0 Å². The average Bonchev–Trinajstić information content (AvgIpc) is 3.06. The Kier molecular flexibility index (Phi) is 9.70. The highest BCUT2D eigenvalue weighted by molar-refractivity contribution is 6.31. The first-order valence-electron chi connectivity index (χ1n) is 8.35. The Bertz CT molecular complexity index is 578. The fraction of sp³-hybridized carbons (Fsp3) is 0.429. The first kappa shape index (κ1) is 20.7. The van der Waals surface area contributed by atoms with E-state index in [1.165, 1.54) is 37.1 Å². The van der Waals surface area contributed by atoms with Gasteiger partial charge in [0.25, 0.3) is 0 Å². The van der Waals surface area contributed by atoms with Crippen molar-refractivity contribution in [3.63, 3.8) is 0 Å². The predicted molar refractivity (Wildman–Crippen MR) is 107 cm³/mol. The second-order valence-corrected chi connectivity index (χ2v) is 6.49. The largest absolute Gasteiger partial charge is 0.316 e. The minimum absolute atomic E-state index is 0. The molecule has 0 amide bonds. The van der Waals surface area contributed by atoms with Crippen molar-refractivity contribution in [2.75, 3.05) is 20.1 Å². The van der Waals surface area contributed by atoms with Crippen LogP contribution in [0.15, 0.2) is 48.5 Å². The molecule has 0 aliphatic carbocycles. The van der Waals surface area contributed by atoms with Crippen molar-refractivity contribution in [2.24, 2.45) is 0 Å². The molecule has 24 heavy (non-hydrogen) atoms. The zero-order valence-corrected chi connectivity index (χ0v) is 14.9. The SMILES string of the molecule is C.CNCc1ccc(C)c(Cl)c1.c1ccc(CN2CCCC2)cc1. The minimum atomic E-state index is 0. The van der Waals surface area contributed by atoms with Gasteiger partial charge >= 0.3 is 0 Å². The molecule has 1 aliphatic rings. The second-order valence-electron chi connectivity index (χ2n) is 6.08. The molecule has 0 bridgehead atoms. The monoisotopic (exact) mass is 346 g/mol. The van der Waals surface area contributed by atoms with Gasteiger partial charge in [0.2, 0.25) is 0 Å². The number of nitrogens with one attached hydrogen (secondary N) is 1. The molecule has 0 aromatic heterocycles. The van der Waals surface area contributed by atoms with Crippen LogP contribution in [0, 0.1) is 6.92 Å². The van der Waals surface area contributed by atoms with Gasteiger partial charge < -0.3 is 5.32 Å². The Labute approximate surface area is 152 Å². The van der Waals surface area contributed by atoms with Gasteiger partial charge in [0, 0.05) is 18.1 Å². The molecule has 0 unspecified atom stereocenters. The van der Waals surface area contributed by atoms with E-state index in [4.69, 9.17) is 11.6 Å². The molecule has 3 heteroatoms. The summed E-state index contributed by atoms with van der Waals surface area (Å²) in [6.07, 6.45) is 2.76. The topological polar surface area (TPSA) is 15.3 Å². The number of halogens is 1. The van der Waals surface area contributed by atoms with E-state index < -0.39 is 0 Å². The lowest BCUT2D eigenvalue weighted by Gasteiger charge is -2.13. The molecule has 2 nitrogen and oxygen atoms in total. The van der Waals surface area contributed by atoms with Crippen LogP contribution < -0.4 is 5.32 Å². The summed E-state index contributed by atoms with van der Waals surface area (Å²) in [5, 5.41) is 3.92. The number of rotatable bonds is 4. The number of hydrogen-bond acceptors (Lipinski definition) is 2. The second kappa shape index (κ2) is 11.2. The van der Waals surface area contributed by atoms with Crippen LogP contribution in [0.2, 0.25) is 5.02 Å². The molecule has 3 rings (SSSR count). The van der Waals surface area contributed by atoms with E-state index in [1.54, 1.807) is 0 Å². The molecule has 0 atom stereocenters. The summed E-state index contributed by atoms with van der Waals surface area (Å²) in [5.41, 5.74) is 3.80. The zero-order chi connectivity index (χ0) is 16.5. The number of likely N-dealkylation sites (tertiary alicyclic amines) is 1. The minimum Gasteiger partial charge on any atom is -0.316 e. The first-order chi connectivity index (χ1) is 11.2. The van der Waals surface area contributed by atoms with Crippen LogP contribution in [0.4, 0.5) is 0 Å². The Balaban J connectivity index is 0.000000232. The van der Waals surface area contributed by atoms with E-state index in [9.17, 15) is 0 Å². The van der Waals surface area contributed by atoms with Gasteiger partial charge in [0.05, 0.1) is 0 Å². The van der Waals surface area contributed by atoms with Crippen LogP contribution in [0.1, 0.15) is 37.0 Å². The van der Waals surface area contributed by atoms with Gasteiger partial charge in [-0.25, -0.2) is 0 Å². The van der Waals surface area contributed by atoms with Crippen LogP contribution in [-0.4, -0.2) is 25.0 Å². The van der Waals surface area contributed by atoms with Crippen LogP contribution in [0.5, 0.6) is 0 Å². The van der Waals surface area contributed by atoms with Crippen LogP contribution in [0.25, 0.3) is 0 Å². The van der Waals surface area contributed by atoms with E-state index in [0.717, 1.165) is 23.7 Å². The maximum atomic E-state index is 5.92. The fourth-order valence-electron chi connectivity index (χ4n) is 2.73. The van der Waals surface area contributed by atoms with E-state index in [-0.39, 0.29) is 7.43 Å². The maximum absolute atomic E-state index is 5.92. The molecule has 1 N–H and O–H groups in total. The third-order valence-corrected chi connectivity index (χ3v) is 4.47. The summed E-state index contributed by atoms with van der Waals surface area (Å²) in [7, 11) is 1.92. The molecular formula is C21H31ClN2. The molecule has 1 fully saturated rings. The summed E-state index contributed by atoms with van der Waals surface area (Å²) >= 11 is 5.92. The lowest BCUT2D eigenvalue weighted by molar-refractivity contribution is 0.331. The highest BCUT2D eigenvalue weighted by Gasteiger charge is 2.10. The number of hydrogen-bond donors (Lipinski definition) is 1. The van der Waals surface area contributed by atoms with E-state index in [2.05, 4.69) is 46.6 Å². The number of nitrogens with zero attached hydrogens (tertiary/aromatic N) is 1. The van der Waals surface area contributed by atoms with Crippen molar-refractivity contribution in [3.05, 3.63) is 70.2 Å². The van der Waals surface area contributed by atoms with E-state index >= 15 is 0 Å². The molecule has 2 aromatic carbocycles. The van der Waals surface area contributed by atoms with Crippen molar-refractivity contribution >= 4 is 11.6 Å². The van der Waals surface area contributed by atoms with Crippen LogP contribution >= 0.6 is 11.6 Å². The lowest BCUT2D eigenvalue weighted by Crippen LogP contribution is -2.18. The molecule has 0 spiro atoms. The van der Waals surface area contributed by atoms with Crippen molar-refractivity contribution in [1.29, 1.82) is 0 Å². The standard InChI is InChI=1S/C11H15N.C9H12ClN.CH4/c1-2-6-11(7-3-1)10-12-8-4-5-9-12;1-7-3-4-8(6-11-2)5-9(7)10;/h1-3,6-7H,4-5,8-10H2;3-5,11H,6H2,1-2H3;1H4. The Morgan fingerprint density at radius 1 is 1.00 bits per heavy atom. The normalized spacial score (nSPS) is 13.8. The van der Waals surface area contributed by atoms with Crippen molar-refractivity contribution in [2.45, 2.75) is 40.3 Å². The summed E-state index contributed by atoms with van der Waals surface area (Å²) in [6, 6.07) is 16.8. The summed E-state index contributed by atoms with van der Waals surface area (Å²) in [5.74, 6) is 0. The highest BCUT2D eigenvalue weighted by Crippen LogP contribution is 2.16. The third-order valence-electron chi connectivity index (χ3n) is 4.06. The lowest BCUT2D eigenvalue weighted by atomic mass is 10.1. The molecule has 2 aromatic rings. The Morgan fingerprint density at radius 2 is 1.67 bits per heavy atom. The molecular weight excluding hydrogens is 316 g/mol. The Hall–Kier alpha value is -1.35. The average molecular weight is 347 g/mol. The quantitative estimate of drug-likeness (QED) is 0.809. The summed E-state index contributed by atoms with van der Waals surface area (Å²) in [6.45, 7) is 6.59. The smallest absolute Gasteiger partial charge is 0.0438 e. The molecule has 1 saturated heterocycles. The number of aryl methyl sites for hydroxylation is 1. The van der Waals surface area contributed by atoms with Gasteiger partial charge in [-0.05, 0) is 62.7 Å². The summed E-state index contributed by atoms with van der Waals surface area (Å²) in [4.78, 5) is 2.52. The first-order valence-corrected chi connectivity index (χ1v) is 8.73. The molecule has 132 valence electrons. The van der Waals surface area contributed by atoms with Gasteiger partial charge in [-0.2, -0.15) is 0 Å². The van der Waals surface area contributed by atoms with Crippen LogP contribution in [-0.2, 0) is 13.1 Å². The van der Waals surface area contributed by atoms with Gasteiger partial charge in [-0.1, -0.05) is 61.5 Å². The van der Waals surface area contributed by atoms with Gasteiger partial charge in [0.1, 0.15) is 0 Å². The predicted octanol–water partition coefficient (Wildman–Crippen LogP) is 5.29. The van der Waals surface area contributed by atoms with Crippen molar-refractivity contribution in [3.8, 4) is 0 Å². The molecule has 0 radical (unpaired) electrons. The van der Waals surface area contributed by atoms with Crippen LogP contribution in [0.3, 0.4) is 0 Å². The van der Waals surface area contributed by atoms with Gasteiger partial charge in [0.15, 0.2) is 0 Å². The van der Waals surface area contributed by atoms with Gasteiger partial charge in [-0.3, -0.25) is 4.90 Å².